The molecule has 0 saturated carbocycles. The molecule has 0 saturated heterocycles. The molecular weight excluding hydrogens is 935 g/mol. The first-order valence-electron chi connectivity index (χ1n) is 24.0. The van der Waals surface area contributed by atoms with Gasteiger partial charge in [-0.2, -0.15) is 10.5 Å². The molecule has 12 rings (SSSR count). The highest BCUT2D eigenvalue weighted by molar-refractivity contribution is 5.95. The minimum atomic E-state index is -0.441. The zero-order valence-electron chi connectivity index (χ0n) is 40.6. The topological polar surface area (TPSA) is 202 Å². The number of hydrogen-bond acceptors (Lipinski definition) is 10. The summed E-state index contributed by atoms with van der Waals surface area (Å²) in [4.78, 5) is 34.6. The third-order valence-electron chi connectivity index (χ3n) is 14.5. The number of aromatic nitrogens is 2. The second kappa shape index (κ2) is 18.5. The molecule has 2 aromatic heterocycles. The van der Waals surface area contributed by atoms with Crippen LogP contribution in [0.25, 0.3) is 22.3 Å². The molecule has 14 heteroatoms. The predicted molar refractivity (Wildman–Crippen MR) is 274 cm³/mol. The van der Waals surface area contributed by atoms with Crippen molar-refractivity contribution in [3.8, 4) is 34.4 Å². The van der Waals surface area contributed by atoms with E-state index in [2.05, 4.69) is 20.6 Å². The summed E-state index contributed by atoms with van der Waals surface area (Å²) in [6.07, 6.45) is -1.07. The number of nitrogens with one attached hydrogen (secondary N) is 2. The number of amides is 2. The summed E-state index contributed by atoms with van der Waals surface area (Å²) in [5, 5.41) is 24.0. The number of hydrogen-bond donors (Lipinski definition) is 4. The molecule has 12 nitrogen and oxygen atoms in total. The van der Waals surface area contributed by atoms with E-state index < -0.39 is 11.6 Å². The number of nitrogen functional groups attached to an aromatic ring is 2. The van der Waals surface area contributed by atoms with Crippen LogP contribution < -0.4 is 22.1 Å². The molecule has 0 spiro atoms. The van der Waals surface area contributed by atoms with E-state index in [0.29, 0.717) is 47.0 Å². The van der Waals surface area contributed by atoms with Gasteiger partial charge >= 0.3 is 0 Å². The van der Waals surface area contributed by atoms with E-state index in [4.69, 9.17) is 31.5 Å². The summed E-state index contributed by atoms with van der Waals surface area (Å²) in [6, 6.07) is 39.4. The molecule has 6 heterocycles. The smallest absolute Gasteiger partial charge is 0.251 e. The van der Waals surface area contributed by atoms with Crippen molar-refractivity contribution in [2.24, 2.45) is 0 Å². The number of pyridine rings is 2. The second-order valence-electron chi connectivity index (χ2n) is 19.0. The molecule has 8 aromatic rings. The standard InChI is InChI=1S/2C30H23FN4O2/c1-15-9-27(33)35-16(2)25(15)14-34-30(36)19-5-8-22-24(12-19)29-21-7-4-18(11-23(21)28(22)37-29)20-6-3-17(13-32)10-26(20)31;1-15-9-27(33)35-16(2)25(15)14-34-30(36)19-5-8-22-24(12-19)29-23-11-18(4-7-21(23)28(22)37-29)20-6-3-17(13-32)10-26(20)31/h2*3-12,28-29H,14H2,1-2H3,(H2,33,35)(H,34,36). The molecule has 4 unspecified atom stereocenters. The average Bonchev–Trinajstić information content (AvgIpc) is 4.17. The van der Waals surface area contributed by atoms with Crippen LogP contribution in [0, 0.1) is 62.0 Å². The number of carbonyl (C=O) groups excluding carboxylic acids is 2. The normalized spacial score (nSPS) is 16.7. The van der Waals surface area contributed by atoms with Gasteiger partial charge in [-0.05, 0) is 178 Å². The first-order valence-corrected chi connectivity index (χ1v) is 24.0. The van der Waals surface area contributed by atoms with Crippen molar-refractivity contribution in [1.29, 1.82) is 10.5 Å². The Bertz CT molecular complexity index is 3760. The van der Waals surface area contributed by atoms with Crippen LogP contribution in [-0.2, 0) is 22.6 Å². The van der Waals surface area contributed by atoms with E-state index in [0.717, 1.165) is 89.3 Å². The van der Waals surface area contributed by atoms with Gasteiger partial charge in [0.15, 0.2) is 0 Å². The van der Waals surface area contributed by atoms with Crippen molar-refractivity contribution in [2.45, 2.75) is 65.2 Å². The van der Waals surface area contributed by atoms with Crippen molar-refractivity contribution < 1.29 is 27.8 Å². The largest absolute Gasteiger partial charge is 0.384 e. The van der Waals surface area contributed by atoms with E-state index in [1.165, 1.54) is 12.1 Å². The summed E-state index contributed by atoms with van der Waals surface area (Å²) in [5.74, 6) is -0.302. The summed E-state index contributed by atoms with van der Waals surface area (Å²) in [6.45, 7) is 8.38. The number of nitrogens with two attached hydrogens (primary N) is 2. The van der Waals surface area contributed by atoms with E-state index in [-0.39, 0.29) is 47.4 Å². The van der Waals surface area contributed by atoms with Gasteiger partial charge in [-0.3, -0.25) is 9.59 Å². The van der Waals surface area contributed by atoms with Crippen LogP contribution in [0.4, 0.5) is 20.4 Å². The molecule has 0 aliphatic carbocycles. The van der Waals surface area contributed by atoms with Gasteiger partial charge in [0.2, 0.25) is 0 Å². The van der Waals surface area contributed by atoms with Gasteiger partial charge in [0.1, 0.15) is 47.7 Å². The number of carbonyl (C=O) groups is 2. The number of anilines is 2. The van der Waals surface area contributed by atoms with Crippen molar-refractivity contribution >= 4 is 23.5 Å². The molecule has 74 heavy (non-hydrogen) atoms. The SMILES string of the molecule is Cc1cc(N)nc(C)c1CNC(=O)c1ccc2c(c1)C1OC2c2cc(-c3ccc(C#N)cc3F)ccc21.Cc1cc(N)nc(C)c1CNC(=O)c1ccc2c(c1)C1OC2c2ccc(-c3ccc(C#N)cc3F)cc21. The van der Waals surface area contributed by atoms with Crippen LogP contribution >= 0.6 is 0 Å². The number of nitrogens with zero attached hydrogens (tertiary/aromatic N) is 4. The fourth-order valence-corrected chi connectivity index (χ4v) is 10.8. The summed E-state index contributed by atoms with van der Waals surface area (Å²) in [7, 11) is 0. The first-order chi connectivity index (χ1) is 35.7. The minimum absolute atomic E-state index is 0.173. The average molecular weight is 981 g/mol. The number of ether oxygens (including phenoxy) is 2. The van der Waals surface area contributed by atoms with Crippen molar-refractivity contribution in [1.82, 2.24) is 20.6 Å². The van der Waals surface area contributed by atoms with Crippen LogP contribution in [0.2, 0.25) is 0 Å². The molecule has 0 fully saturated rings. The molecule has 4 aliphatic heterocycles. The number of rotatable bonds is 8. The Labute approximate surface area is 425 Å². The van der Waals surface area contributed by atoms with E-state index in [1.54, 1.807) is 36.4 Å². The molecule has 6 N–H and O–H groups in total. The Morgan fingerprint density at radius 2 is 0.878 bits per heavy atom. The molecular formula is C60H46F2N8O4. The van der Waals surface area contributed by atoms with E-state index >= 15 is 0 Å². The number of halogens is 2. The quantitative estimate of drug-likeness (QED) is 0.113. The lowest BCUT2D eigenvalue weighted by Crippen LogP contribution is -2.24. The highest BCUT2D eigenvalue weighted by Gasteiger charge is 2.44. The van der Waals surface area contributed by atoms with Gasteiger partial charge < -0.3 is 31.6 Å². The van der Waals surface area contributed by atoms with Crippen LogP contribution in [0.15, 0.2) is 121 Å². The van der Waals surface area contributed by atoms with Gasteiger partial charge in [0.25, 0.3) is 11.8 Å². The maximum Gasteiger partial charge on any atom is 0.251 e. The Morgan fingerprint density at radius 3 is 1.26 bits per heavy atom. The molecule has 4 bridgehead atoms. The third-order valence-corrected chi connectivity index (χ3v) is 14.5. The number of aryl methyl sites for hydroxylation is 4. The molecule has 4 aliphatic rings. The molecule has 6 aromatic carbocycles. The lowest BCUT2D eigenvalue weighted by molar-refractivity contribution is 0.0856. The fourth-order valence-electron chi connectivity index (χ4n) is 10.8. The van der Waals surface area contributed by atoms with Gasteiger partial charge in [-0.1, -0.05) is 48.5 Å². The van der Waals surface area contributed by atoms with Gasteiger partial charge in [0, 0.05) is 46.7 Å². The number of nitriles is 2. The first kappa shape index (κ1) is 47.3. The highest BCUT2D eigenvalue weighted by Crippen LogP contribution is 2.56. The van der Waals surface area contributed by atoms with E-state index in [1.807, 2.05) is 113 Å². The molecule has 4 atom stereocenters. The van der Waals surface area contributed by atoms with Crippen molar-refractivity contribution in [3.63, 3.8) is 0 Å². The zero-order valence-corrected chi connectivity index (χ0v) is 40.6. The summed E-state index contributed by atoms with van der Waals surface area (Å²) < 4.78 is 41.9. The Morgan fingerprint density at radius 1 is 0.514 bits per heavy atom. The van der Waals surface area contributed by atoms with E-state index in [9.17, 15) is 18.4 Å². The summed E-state index contributed by atoms with van der Waals surface area (Å²) in [5.41, 5.74) is 29.1. The van der Waals surface area contributed by atoms with Gasteiger partial charge in [-0.25, -0.2) is 18.7 Å². The maximum atomic E-state index is 14.7. The highest BCUT2D eigenvalue weighted by atomic mass is 19.1. The number of fused-ring (bicyclic) bond motifs is 16. The molecule has 2 amide bonds. The minimum Gasteiger partial charge on any atom is -0.384 e. The predicted octanol–water partition coefficient (Wildman–Crippen LogP) is 10.8. The van der Waals surface area contributed by atoms with Gasteiger partial charge in [-0.15, -0.1) is 0 Å². The maximum absolute atomic E-state index is 14.7. The third kappa shape index (κ3) is 8.26. The Hall–Kier alpha value is -9.08. The lowest BCUT2D eigenvalue weighted by atomic mass is 9.83. The van der Waals surface area contributed by atoms with Gasteiger partial charge in [0.05, 0.1) is 23.3 Å². The van der Waals surface area contributed by atoms with Crippen LogP contribution in [0.5, 0.6) is 0 Å². The van der Waals surface area contributed by atoms with Crippen LogP contribution in [-0.4, -0.2) is 21.8 Å². The zero-order chi connectivity index (χ0) is 51.7. The number of benzene rings is 6. The van der Waals surface area contributed by atoms with Crippen LogP contribution in [0.1, 0.15) is 134 Å². The lowest BCUT2D eigenvalue weighted by Gasteiger charge is -2.18. The van der Waals surface area contributed by atoms with Crippen molar-refractivity contribution in [3.05, 3.63) is 233 Å². The Kier molecular flexibility index (Phi) is 11.8. The Balaban J connectivity index is 0.000000159. The second-order valence-corrected chi connectivity index (χ2v) is 19.0. The monoisotopic (exact) mass is 980 g/mol. The summed E-state index contributed by atoms with van der Waals surface area (Å²) >= 11 is 0. The van der Waals surface area contributed by atoms with Crippen molar-refractivity contribution in [2.75, 3.05) is 11.5 Å². The molecule has 0 radical (unpaired) electrons. The fraction of sp³-hybridized carbons (Fsp3) is 0.167. The molecule has 364 valence electrons. The van der Waals surface area contributed by atoms with Crippen LogP contribution in [0.3, 0.4) is 0 Å².